The second kappa shape index (κ2) is 9.22. The Morgan fingerprint density at radius 2 is 0.703 bits per heavy atom. The molecule has 0 heterocycles. The van der Waals surface area contributed by atoms with Crippen molar-refractivity contribution >= 4 is 5.57 Å². The molecule has 0 N–H and O–H groups in total. The summed E-state index contributed by atoms with van der Waals surface area (Å²) in [6.45, 7) is 0. The Kier molecular flexibility index (Phi) is 5.44. The van der Waals surface area contributed by atoms with E-state index in [-0.39, 0.29) is 0 Å². The third-order valence-electron chi connectivity index (χ3n) is 7.79. The molecule has 0 aliphatic heterocycles. The fourth-order valence-electron chi connectivity index (χ4n) is 5.41. The predicted molar refractivity (Wildman–Crippen MR) is 157 cm³/mol. The monoisotopic (exact) mass is 472 g/mol. The summed E-state index contributed by atoms with van der Waals surface area (Å²) in [5.41, 5.74) is 12.6. The minimum atomic E-state index is 0.779. The molecule has 0 aromatic heterocycles. The van der Waals surface area contributed by atoms with Gasteiger partial charge in [0.05, 0.1) is 0 Å². The zero-order valence-electron chi connectivity index (χ0n) is 20.7. The van der Waals surface area contributed by atoms with Gasteiger partial charge in [-0.15, -0.1) is 0 Å². The van der Waals surface area contributed by atoms with E-state index in [0.29, 0.717) is 0 Å². The zero-order chi connectivity index (χ0) is 24.6. The molecule has 2 aliphatic rings. The van der Waals surface area contributed by atoms with E-state index in [0.717, 1.165) is 11.8 Å². The molecular weight excluding hydrogens is 444 g/mol. The summed E-state index contributed by atoms with van der Waals surface area (Å²) < 4.78 is 0. The van der Waals surface area contributed by atoms with Gasteiger partial charge in [-0.05, 0) is 73.9 Å². The summed E-state index contributed by atoms with van der Waals surface area (Å²) >= 11 is 0. The number of hydrogen-bond acceptors (Lipinski definition) is 0. The summed E-state index contributed by atoms with van der Waals surface area (Å²) in [5, 5.41) is 0. The van der Waals surface area contributed by atoms with Gasteiger partial charge >= 0.3 is 0 Å². The molecule has 0 heteroatoms. The highest BCUT2D eigenvalue weighted by Gasteiger charge is 2.34. The molecule has 1 fully saturated rings. The van der Waals surface area contributed by atoms with Gasteiger partial charge in [-0.25, -0.2) is 0 Å². The van der Waals surface area contributed by atoms with Gasteiger partial charge in [0.25, 0.3) is 0 Å². The van der Waals surface area contributed by atoms with Crippen LogP contribution in [-0.4, -0.2) is 0 Å². The van der Waals surface area contributed by atoms with Crippen LogP contribution in [0, 0.1) is 11.8 Å². The molecule has 2 atom stereocenters. The highest BCUT2D eigenvalue weighted by Crippen LogP contribution is 2.46. The van der Waals surface area contributed by atoms with Crippen molar-refractivity contribution < 1.29 is 0 Å². The van der Waals surface area contributed by atoms with Crippen molar-refractivity contribution in [3.05, 3.63) is 151 Å². The fraction of sp³-hybridized carbons (Fsp3) is 0.0811. The number of benzene rings is 5. The van der Waals surface area contributed by atoms with Crippen molar-refractivity contribution in [1.82, 2.24) is 0 Å². The highest BCUT2D eigenvalue weighted by atomic mass is 14.4. The number of hydrogen-bond donors (Lipinski definition) is 0. The summed E-state index contributed by atoms with van der Waals surface area (Å²) in [4.78, 5) is 0. The normalized spacial score (nSPS) is 17.7. The van der Waals surface area contributed by atoms with Crippen molar-refractivity contribution in [2.45, 2.75) is 6.42 Å². The van der Waals surface area contributed by atoms with Gasteiger partial charge in [0.2, 0.25) is 0 Å². The average Bonchev–Trinajstić information content (AvgIpc) is 3.77. The molecule has 2 aliphatic carbocycles. The van der Waals surface area contributed by atoms with Crippen LogP contribution in [0.25, 0.3) is 50.1 Å². The zero-order valence-corrected chi connectivity index (χ0v) is 20.7. The van der Waals surface area contributed by atoms with E-state index in [2.05, 4.69) is 146 Å². The first kappa shape index (κ1) is 21.8. The topological polar surface area (TPSA) is 0 Å². The quantitative estimate of drug-likeness (QED) is 0.239. The van der Waals surface area contributed by atoms with Crippen LogP contribution in [0.15, 0.2) is 146 Å². The minimum absolute atomic E-state index is 0.779. The Labute approximate surface area is 219 Å². The molecule has 2 unspecified atom stereocenters. The van der Waals surface area contributed by atoms with Crippen molar-refractivity contribution in [3.8, 4) is 44.5 Å². The van der Waals surface area contributed by atoms with Crippen LogP contribution >= 0.6 is 0 Å². The van der Waals surface area contributed by atoms with Crippen LogP contribution in [0.5, 0.6) is 0 Å². The fourth-order valence-corrected chi connectivity index (χ4v) is 5.41. The van der Waals surface area contributed by atoms with Crippen molar-refractivity contribution in [3.63, 3.8) is 0 Å². The number of fused-ring (bicyclic) bond motifs is 1. The Morgan fingerprint density at radius 1 is 0.351 bits per heavy atom. The van der Waals surface area contributed by atoms with E-state index in [9.17, 15) is 0 Å². The maximum absolute atomic E-state index is 2.44. The number of rotatable bonds is 5. The predicted octanol–water partition coefficient (Wildman–Crippen LogP) is 9.94. The summed E-state index contributed by atoms with van der Waals surface area (Å²) in [6, 6.07) is 46.2. The third kappa shape index (κ3) is 4.47. The maximum Gasteiger partial charge on any atom is -0.0155 e. The lowest BCUT2D eigenvalue weighted by atomic mass is 9.95. The van der Waals surface area contributed by atoms with Crippen molar-refractivity contribution in [2.24, 2.45) is 11.8 Å². The molecule has 0 radical (unpaired) electrons. The highest BCUT2D eigenvalue weighted by molar-refractivity contribution is 5.79. The lowest BCUT2D eigenvalue weighted by Crippen LogP contribution is -1.88. The van der Waals surface area contributed by atoms with Crippen molar-refractivity contribution in [2.75, 3.05) is 0 Å². The molecule has 5 aromatic rings. The van der Waals surface area contributed by atoms with Crippen LogP contribution in [0.4, 0.5) is 0 Å². The molecule has 7 rings (SSSR count). The smallest absolute Gasteiger partial charge is 0.0155 e. The summed E-state index contributed by atoms with van der Waals surface area (Å²) in [7, 11) is 0. The molecule has 0 amide bonds. The second-order valence-corrected chi connectivity index (χ2v) is 10.2. The van der Waals surface area contributed by atoms with E-state index < -0.39 is 0 Å². The molecule has 0 nitrogen and oxygen atoms in total. The Morgan fingerprint density at radius 3 is 1.08 bits per heavy atom. The van der Waals surface area contributed by atoms with Crippen LogP contribution in [0.1, 0.15) is 12.0 Å². The minimum Gasteiger partial charge on any atom is -0.0802 e. The first-order valence-corrected chi connectivity index (χ1v) is 13.2. The average molecular weight is 473 g/mol. The first-order valence-electron chi connectivity index (χ1n) is 13.2. The van der Waals surface area contributed by atoms with E-state index in [1.807, 2.05) is 0 Å². The third-order valence-corrected chi connectivity index (χ3v) is 7.79. The van der Waals surface area contributed by atoms with E-state index in [1.54, 1.807) is 0 Å². The van der Waals surface area contributed by atoms with Gasteiger partial charge in [-0.3, -0.25) is 0 Å². The van der Waals surface area contributed by atoms with Crippen LogP contribution in [-0.2, 0) is 0 Å². The lowest BCUT2D eigenvalue weighted by molar-refractivity contribution is 0.985. The Balaban J connectivity index is 1.06. The lowest BCUT2D eigenvalue weighted by Gasteiger charge is -2.09. The Bertz CT molecular complexity index is 1580. The van der Waals surface area contributed by atoms with Gasteiger partial charge < -0.3 is 0 Å². The van der Waals surface area contributed by atoms with Crippen LogP contribution in [0.3, 0.4) is 0 Å². The Hall–Kier alpha value is -4.42. The standard InChI is InChI=1S/C37H28/c1-2-4-26(5-3-1)27-6-8-28(9-7-27)29-10-12-30(13-11-29)31-14-16-32(17-15-31)33-18-20-34(21-19-33)35-22-23-36-25-37(36)24-35/h1-24,36-37H,25H2. The van der Waals surface area contributed by atoms with E-state index in [1.165, 1.54) is 62.1 Å². The molecule has 1 saturated carbocycles. The molecule has 5 aromatic carbocycles. The summed E-state index contributed by atoms with van der Waals surface area (Å²) in [5.74, 6) is 1.59. The van der Waals surface area contributed by atoms with Gasteiger partial charge in [-0.2, -0.15) is 0 Å². The largest absolute Gasteiger partial charge is 0.0802 e. The molecular formula is C37H28. The van der Waals surface area contributed by atoms with Gasteiger partial charge in [0, 0.05) is 0 Å². The molecule has 0 saturated heterocycles. The summed E-state index contributed by atoms with van der Waals surface area (Å²) in [6.07, 6.45) is 8.44. The molecule has 0 spiro atoms. The van der Waals surface area contributed by atoms with Crippen LogP contribution in [0.2, 0.25) is 0 Å². The molecule has 37 heavy (non-hydrogen) atoms. The molecule has 176 valence electrons. The van der Waals surface area contributed by atoms with E-state index >= 15 is 0 Å². The first-order chi connectivity index (χ1) is 18.3. The van der Waals surface area contributed by atoms with E-state index in [4.69, 9.17) is 0 Å². The SMILES string of the molecule is C1=CC2CC2C=C1c1ccc(-c2ccc(-c3ccc(-c4ccc(-c5ccccc5)cc4)cc3)cc2)cc1. The van der Waals surface area contributed by atoms with Gasteiger partial charge in [-0.1, -0.05) is 146 Å². The van der Waals surface area contributed by atoms with Crippen LogP contribution < -0.4 is 0 Å². The van der Waals surface area contributed by atoms with Gasteiger partial charge in [0.15, 0.2) is 0 Å². The second-order valence-electron chi connectivity index (χ2n) is 10.2. The van der Waals surface area contributed by atoms with Crippen molar-refractivity contribution in [1.29, 1.82) is 0 Å². The number of allylic oxidation sites excluding steroid dienone is 4. The van der Waals surface area contributed by atoms with Gasteiger partial charge in [0.1, 0.15) is 0 Å². The molecule has 0 bridgehead atoms. The maximum atomic E-state index is 2.44.